The van der Waals surface area contributed by atoms with Crippen LogP contribution in [0, 0.1) is 0 Å². The van der Waals surface area contributed by atoms with Gasteiger partial charge in [0.2, 0.25) is 0 Å². The SMILES string of the molecule is CCCCCCCCCCCCC1(C)CCOCCOCCCOCCO1. The summed E-state index contributed by atoms with van der Waals surface area (Å²) in [4.78, 5) is 0. The van der Waals surface area contributed by atoms with Crippen molar-refractivity contribution in [1.29, 1.82) is 0 Å². The maximum absolute atomic E-state index is 6.22. The molecule has 4 heteroatoms. The Bertz CT molecular complexity index is 295. The first-order chi connectivity index (χ1) is 13.3. The molecule has 1 unspecified atom stereocenters. The van der Waals surface area contributed by atoms with Gasteiger partial charge in [-0.15, -0.1) is 0 Å². The minimum atomic E-state index is -0.0888. The average Bonchev–Trinajstić information content (AvgIpc) is 2.67. The van der Waals surface area contributed by atoms with Gasteiger partial charge in [0.15, 0.2) is 0 Å². The first-order valence-electron chi connectivity index (χ1n) is 11.6. The standard InChI is InChI=1S/C23H46O4/c1-3-4-5-6-7-8-9-10-11-12-14-23(2)15-18-26-20-19-24-16-13-17-25-21-22-27-23/h3-22H2,1-2H3. The van der Waals surface area contributed by atoms with Crippen LogP contribution in [-0.4, -0.2) is 51.8 Å². The van der Waals surface area contributed by atoms with Crippen LogP contribution in [0.15, 0.2) is 0 Å². The zero-order chi connectivity index (χ0) is 19.5. The third-order valence-electron chi connectivity index (χ3n) is 5.46. The minimum absolute atomic E-state index is 0.0888. The molecule has 0 aromatic carbocycles. The van der Waals surface area contributed by atoms with E-state index in [0.29, 0.717) is 26.4 Å². The summed E-state index contributed by atoms with van der Waals surface area (Å²) in [6.07, 6.45) is 16.7. The van der Waals surface area contributed by atoms with E-state index in [9.17, 15) is 0 Å². The fraction of sp³-hybridized carbons (Fsp3) is 1.00. The van der Waals surface area contributed by atoms with E-state index < -0.39 is 0 Å². The van der Waals surface area contributed by atoms with E-state index in [0.717, 1.165) is 39.1 Å². The lowest BCUT2D eigenvalue weighted by Gasteiger charge is -2.30. The van der Waals surface area contributed by atoms with E-state index in [2.05, 4.69) is 13.8 Å². The monoisotopic (exact) mass is 386 g/mol. The highest BCUT2D eigenvalue weighted by Gasteiger charge is 2.24. The van der Waals surface area contributed by atoms with Gasteiger partial charge < -0.3 is 18.9 Å². The van der Waals surface area contributed by atoms with Gasteiger partial charge in [-0.2, -0.15) is 0 Å². The Kier molecular flexibility index (Phi) is 16.5. The fourth-order valence-electron chi connectivity index (χ4n) is 3.58. The lowest BCUT2D eigenvalue weighted by molar-refractivity contribution is -0.0845. The molecule has 1 rings (SSSR count). The highest BCUT2D eigenvalue weighted by atomic mass is 16.5. The average molecular weight is 387 g/mol. The van der Waals surface area contributed by atoms with Crippen molar-refractivity contribution < 1.29 is 18.9 Å². The van der Waals surface area contributed by atoms with Crippen molar-refractivity contribution in [2.24, 2.45) is 0 Å². The molecule has 0 aromatic heterocycles. The van der Waals surface area contributed by atoms with E-state index in [-0.39, 0.29) is 5.60 Å². The van der Waals surface area contributed by atoms with Crippen molar-refractivity contribution in [3.63, 3.8) is 0 Å². The van der Waals surface area contributed by atoms with Gasteiger partial charge in [0, 0.05) is 19.8 Å². The minimum Gasteiger partial charge on any atom is -0.379 e. The highest BCUT2D eigenvalue weighted by Crippen LogP contribution is 2.24. The molecule has 27 heavy (non-hydrogen) atoms. The number of unbranched alkanes of at least 4 members (excludes halogenated alkanes) is 9. The molecule has 0 radical (unpaired) electrons. The van der Waals surface area contributed by atoms with Gasteiger partial charge in [-0.3, -0.25) is 0 Å². The Hall–Kier alpha value is -0.160. The Morgan fingerprint density at radius 1 is 0.593 bits per heavy atom. The van der Waals surface area contributed by atoms with Crippen molar-refractivity contribution >= 4 is 0 Å². The third kappa shape index (κ3) is 15.4. The van der Waals surface area contributed by atoms with Crippen LogP contribution in [0.25, 0.3) is 0 Å². The summed E-state index contributed by atoms with van der Waals surface area (Å²) >= 11 is 0. The maximum atomic E-state index is 6.22. The summed E-state index contributed by atoms with van der Waals surface area (Å²) in [6.45, 7) is 9.47. The van der Waals surface area contributed by atoms with E-state index in [1.165, 1.54) is 64.2 Å². The molecule has 4 nitrogen and oxygen atoms in total. The number of hydrogen-bond donors (Lipinski definition) is 0. The molecule has 0 spiro atoms. The van der Waals surface area contributed by atoms with Gasteiger partial charge in [0.05, 0.1) is 32.0 Å². The smallest absolute Gasteiger partial charge is 0.0707 e. The molecule has 1 atom stereocenters. The Balaban J connectivity index is 2.13. The fourth-order valence-corrected chi connectivity index (χ4v) is 3.58. The van der Waals surface area contributed by atoms with Crippen molar-refractivity contribution in [2.75, 3.05) is 46.2 Å². The van der Waals surface area contributed by atoms with Crippen molar-refractivity contribution in [3.8, 4) is 0 Å². The summed E-state index contributed by atoms with van der Waals surface area (Å²) < 4.78 is 23.1. The van der Waals surface area contributed by atoms with Crippen LogP contribution in [0.2, 0.25) is 0 Å². The Labute approximate surface area is 168 Å². The van der Waals surface area contributed by atoms with Gasteiger partial charge in [0.25, 0.3) is 0 Å². The molecule has 0 aliphatic carbocycles. The first-order valence-corrected chi connectivity index (χ1v) is 11.6. The van der Waals surface area contributed by atoms with Crippen molar-refractivity contribution in [1.82, 2.24) is 0 Å². The normalized spacial score (nSPS) is 23.8. The van der Waals surface area contributed by atoms with Gasteiger partial charge >= 0.3 is 0 Å². The summed E-state index contributed by atoms with van der Waals surface area (Å²) in [6, 6.07) is 0. The van der Waals surface area contributed by atoms with Crippen LogP contribution in [0.3, 0.4) is 0 Å². The van der Waals surface area contributed by atoms with Gasteiger partial charge in [0.1, 0.15) is 0 Å². The molecule has 0 aromatic rings. The number of rotatable bonds is 11. The van der Waals surface area contributed by atoms with Crippen LogP contribution >= 0.6 is 0 Å². The molecule has 1 saturated heterocycles. The molecule has 0 bridgehead atoms. The van der Waals surface area contributed by atoms with Gasteiger partial charge in [-0.25, -0.2) is 0 Å². The first kappa shape index (κ1) is 24.9. The number of ether oxygens (including phenoxy) is 4. The molecule has 0 N–H and O–H groups in total. The second kappa shape index (κ2) is 17.9. The van der Waals surface area contributed by atoms with Crippen LogP contribution in [-0.2, 0) is 18.9 Å². The molecule has 0 amide bonds. The van der Waals surface area contributed by atoms with Crippen LogP contribution in [0.4, 0.5) is 0 Å². The van der Waals surface area contributed by atoms with Gasteiger partial charge in [-0.05, 0) is 26.2 Å². The molecular formula is C23H46O4. The van der Waals surface area contributed by atoms with Crippen LogP contribution < -0.4 is 0 Å². The van der Waals surface area contributed by atoms with E-state index in [1.807, 2.05) is 0 Å². The van der Waals surface area contributed by atoms with Crippen LogP contribution in [0.1, 0.15) is 97.3 Å². The molecular weight excluding hydrogens is 340 g/mol. The van der Waals surface area contributed by atoms with Gasteiger partial charge in [-0.1, -0.05) is 71.1 Å². The molecule has 0 saturated carbocycles. The second-order valence-electron chi connectivity index (χ2n) is 8.17. The Morgan fingerprint density at radius 3 is 1.74 bits per heavy atom. The largest absolute Gasteiger partial charge is 0.379 e. The zero-order valence-corrected chi connectivity index (χ0v) is 18.3. The molecule has 162 valence electrons. The molecule has 1 heterocycles. The molecule has 1 aliphatic rings. The van der Waals surface area contributed by atoms with Crippen molar-refractivity contribution in [2.45, 2.75) is 103 Å². The quantitative estimate of drug-likeness (QED) is 0.413. The zero-order valence-electron chi connectivity index (χ0n) is 18.3. The lowest BCUT2D eigenvalue weighted by atomic mass is 9.94. The van der Waals surface area contributed by atoms with Crippen LogP contribution in [0.5, 0.6) is 0 Å². The molecule has 1 fully saturated rings. The highest BCUT2D eigenvalue weighted by molar-refractivity contribution is 4.75. The summed E-state index contributed by atoms with van der Waals surface area (Å²) in [5.41, 5.74) is -0.0888. The lowest BCUT2D eigenvalue weighted by Crippen LogP contribution is -2.32. The second-order valence-corrected chi connectivity index (χ2v) is 8.17. The molecule has 1 aliphatic heterocycles. The summed E-state index contributed by atoms with van der Waals surface area (Å²) in [7, 11) is 0. The third-order valence-corrected chi connectivity index (χ3v) is 5.46. The summed E-state index contributed by atoms with van der Waals surface area (Å²) in [5, 5.41) is 0. The maximum Gasteiger partial charge on any atom is 0.0707 e. The Morgan fingerprint density at radius 2 is 1.11 bits per heavy atom. The number of hydrogen-bond acceptors (Lipinski definition) is 4. The predicted molar refractivity (Wildman–Crippen MR) is 113 cm³/mol. The van der Waals surface area contributed by atoms with E-state index >= 15 is 0 Å². The van der Waals surface area contributed by atoms with E-state index in [1.54, 1.807) is 0 Å². The predicted octanol–water partition coefficient (Wildman–Crippen LogP) is 5.92. The van der Waals surface area contributed by atoms with Crippen molar-refractivity contribution in [3.05, 3.63) is 0 Å². The van der Waals surface area contributed by atoms with E-state index in [4.69, 9.17) is 18.9 Å². The topological polar surface area (TPSA) is 36.9 Å². The summed E-state index contributed by atoms with van der Waals surface area (Å²) in [5.74, 6) is 0.